The first-order valence-electron chi connectivity index (χ1n) is 9.15. The third kappa shape index (κ3) is 17.8. The number of nitrogens with zero attached hydrogens (tertiary/aromatic N) is 1. The summed E-state index contributed by atoms with van der Waals surface area (Å²) < 4.78 is 0.821. The van der Waals surface area contributed by atoms with Crippen molar-refractivity contribution in [2.75, 3.05) is 40.8 Å². The van der Waals surface area contributed by atoms with Crippen molar-refractivity contribution < 1.29 is 9.59 Å². The number of quaternary nitrogens is 1. The Labute approximate surface area is 133 Å². The highest BCUT2D eigenvalue weighted by Crippen LogP contribution is 2.10. The first-order chi connectivity index (χ1) is 9.95. The molecule has 0 unspecified atom stereocenters. The zero-order chi connectivity index (χ0) is 16.0. The molecule has 1 atom stereocenters. The number of nitrogens with one attached hydrogen (secondary N) is 1. The van der Waals surface area contributed by atoms with E-state index in [0.717, 1.165) is 24.1 Å². The van der Waals surface area contributed by atoms with Gasteiger partial charge in [0.2, 0.25) is 0 Å². The van der Waals surface area contributed by atoms with Gasteiger partial charge in [-0.25, -0.2) is 0 Å². The lowest BCUT2D eigenvalue weighted by molar-refractivity contribution is -0.873. The Morgan fingerprint density at radius 2 is 1.29 bits per heavy atom. The molecule has 0 spiro atoms. The van der Waals surface area contributed by atoms with Crippen molar-refractivity contribution in [1.29, 1.82) is 0 Å². The molecule has 0 amide bonds. The van der Waals surface area contributed by atoms with Gasteiger partial charge in [-0.2, -0.15) is 0 Å². The second kappa shape index (κ2) is 13.5. The van der Waals surface area contributed by atoms with Gasteiger partial charge in [0, 0.05) is 6.54 Å². The van der Waals surface area contributed by atoms with E-state index in [1.54, 1.807) is 0 Å². The molecule has 0 aliphatic rings. The molecule has 0 radical (unpaired) electrons. The summed E-state index contributed by atoms with van der Waals surface area (Å²) in [5, 5.41) is 13.2. The summed E-state index contributed by atoms with van der Waals surface area (Å²) in [7, 11) is 6.35. The Bertz CT molecular complexity index is 214. The highest BCUT2D eigenvalue weighted by atomic mass is 16.3. The van der Waals surface area contributed by atoms with Crippen molar-refractivity contribution in [1.82, 2.24) is 5.32 Å². The van der Waals surface area contributed by atoms with Gasteiger partial charge in [-0.3, -0.25) is 0 Å². The van der Waals surface area contributed by atoms with E-state index in [-0.39, 0.29) is 6.10 Å². The maximum Gasteiger partial charge on any atom is 0.115 e. The third-order valence-corrected chi connectivity index (χ3v) is 3.85. The second-order valence-electron chi connectivity index (χ2n) is 7.51. The van der Waals surface area contributed by atoms with E-state index >= 15 is 0 Å². The van der Waals surface area contributed by atoms with Gasteiger partial charge in [0.1, 0.15) is 12.6 Å². The first-order valence-corrected chi connectivity index (χ1v) is 9.15. The van der Waals surface area contributed by atoms with E-state index in [1.807, 2.05) is 0 Å². The number of rotatable bonds is 15. The van der Waals surface area contributed by atoms with Crippen LogP contribution in [0, 0.1) is 0 Å². The standard InChI is InChI=1S/C18H41N2O/c1-5-6-7-8-9-10-11-12-13-14-15-19-16-18(21)17-20(2,3)4/h18-19,21H,5-17H2,1-4H3/q+1/t18-/m0/s1. The molecule has 0 heterocycles. The number of hydrogen-bond donors (Lipinski definition) is 2. The molecule has 128 valence electrons. The Morgan fingerprint density at radius 1 is 0.810 bits per heavy atom. The van der Waals surface area contributed by atoms with Crippen LogP contribution >= 0.6 is 0 Å². The summed E-state index contributed by atoms with van der Waals surface area (Å²) >= 11 is 0. The van der Waals surface area contributed by atoms with Crippen LogP contribution in [-0.2, 0) is 0 Å². The summed E-state index contributed by atoms with van der Waals surface area (Å²) in [6.45, 7) is 4.86. The number of likely N-dealkylation sites (N-methyl/N-ethyl adjacent to an activating group) is 1. The summed E-state index contributed by atoms with van der Waals surface area (Å²) in [5.74, 6) is 0. The fraction of sp³-hybridized carbons (Fsp3) is 1.00. The molecule has 0 aromatic rings. The minimum Gasteiger partial charge on any atom is -0.386 e. The average Bonchev–Trinajstić information content (AvgIpc) is 2.38. The van der Waals surface area contributed by atoms with Crippen LogP contribution in [0.25, 0.3) is 0 Å². The lowest BCUT2D eigenvalue weighted by Gasteiger charge is -2.26. The molecular formula is C18H41N2O+. The Balaban J connectivity index is 3.15. The molecule has 0 fully saturated rings. The lowest BCUT2D eigenvalue weighted by Crippen LogP contribution is -2.45. The number of aliphatic hydroxyl groups excluding tert-OH is 1. The van der Waals surface area contributed by atoms with Gasteiger partial charge in [0.25, 0.3) is 0 Å². The Kier molecular flexibility index (Phi) is 13.5. The second-order valence-corrected chi connectivity index (χ2v) is 7.51. The Hall–Kier alpha value is -0.120. The predicted molar refractivity (Wildman–Crippen MR) is 93.6 cm³/mol. The van der Waals surface area contributed by atoms with Crippen molar-refractivity contribution in [3.05, 3.63) is 0 Å². The molecule has 3 nitrogen and oxygen atoms in total. The van der Waals surface area contributed by atoms with Crippen molar-refractivity contribution in [2.24, 2.45) is 0 Å². The molecule has 0 saturated heterocycles. The quantitative estimate of drug-likeness (QED) is 0.358. The van der Waals surface area contributed by atoms with Gasteiger partial charge >= 0.3 is 0 Å². The van der Waals surface area contributed by atoms with Crippen LogP contribution < -0.4 is 5.32 Å². The predicted octanol–water partition coefficient (Wildman–Crippen LogP) is 3.56. The molecule has 2 N–H and O–H groups in total. The maximum atomic E-state index is 9.87. The van der Waals surface area contributed by atoms with Crippen molar-refractivity contribution in [3.8, 4) is 0 Å². The average molecular weight is 302 g/mol. The number of unbranched alkanes of at least 4 members (excludes halogenated alkanes) is 9. The molecule has 0 aliphatic heterocycles. The molecule has 0 saturated carbocycles. The van der Waals surface area contributed by atoms with Gasteiger partial charge in [0.15, 0.2) is 0 Å². The van der Waals surface area contributed by atoms with E-state index in [9.17, 15) is 5.11 Å². The number of hydrogen-bond acceptors (Lipinski definition) is 2. The molecule has 0 bridgehead atoms. The minimum atomic E-state index is -0.229. The first kappa shape index (κ1) is 20.9. The van der Waals surface area contributed by atoms with Crippen molar-refractivity contribution in [3.63, 3.8) is 0 Å². The van der Waals surface area contributed by atoms with Crippen molar-refractivity contribution >= 4 is 0 Å². The highest BCUT2D eigenvalue weighted by Gasteiger charge is 2.14. The summed E-state index contributed by atoms with van der Waals surface area (Å²) in [4.78, 5) is 0. The highest BCUT2D eigenvalue weighted by molar-refractivity contribution is 4.58. The molecule has 0 aliphatic carbocycles. The normalized spacial score (nSPS) is 13.6. The van der Waals surface area contributed by atoms with Crippen LogP contribution in [0.15, 0.2) is 0 Å². The molecule has 3 heteroatoms. The summed E-state index contributed by atoms with van der Waals surface area (Å²) in [6, 6.07) is 0. The fourth-order valence-electron chi connectivity index (χ4n) is 2.70. The van der Waals surface area contributed by atoms with Gasteiger partial charge in [-0.15, -0.1) is 0 Å². The molecule has 0 aromatic heterocycles. The number of aliphatic hydroxyl groups is 1. The Morgan fingerprint density at radius 3 is 1.76 bits per heavy atom. The lowest BCUT2D eigenvalue weighted by atomic mass is 10.1. The molecule has 21 heavy (non-hydrogen) atoms. The zero-order valence-electron chi connectivity index (χ0n) is 15.2. The van der Waals surface area contributed by atoms with Gasteiger partial charge < -0.3 is 14.9 Å². The van der Waals surface area contributed by atoms with E-state index in [0.29, 0.717) is 0 Å². The SMILES string of the molecule is CCCCCCCCCCCCNC[C@H](O)C[N+](C)(C)C. The minimum absolute atomic E-state index is 0.229. The maximum absolute atomic E-state index is 9.87. The van der Waals surface area contributed by atoms with Crippen LogP contribution in [-0.4, -0.2) is 56.5 Å². The third-order valence-electron chi connectivity index (χ3n) is 3.85. The fourth-order valence-corrected chi connectivity index (χ4v) is 2.70. The largest absolute Gasteiger partial charge is 0.386 e. The van der Waals surface area contributed by atoms with Crippen molar-refractivity contribution in [2.45, 2.75) is 77.2 Å². The van der Waals surface area contributed by atoms with E-state index in [2.05, 4.69) is 33.4 Å². The van der Waals surface area contributed by atoms with E-state index < -0.39 is 0 Å². The molecule has 0 aromatic carbocycles. The van der Waals surface area contributed by atoms with Crippen LogP contribution in [0.5, 0.6) is 0 Å². The van der Waals surface area contributed by atoms with Crippen LogP contribution in [0.3, 0.4) is 0 Å². The van der Waals surface area contributed by atoms with Crippen LogP contribution in [0.2, 0.25) is 0 Å². The monoisotopic (exact) mass is 301 g/mol. The molecule has 0 rings (SSSR count). The smallest absolute Gasteiger partial charge is 0.115 e. The summed E-state index contributed by atoms with van der Waals surface area (Å²) in [5.41, 5.74) is 0. The summed E-state index contributed by atoms with van der Waals surface area (Å²) in [6.07, 6.45) is 13.6. The van der Waals surface area contributed by atoms with Crippen LogP contribution in [0.1, 0.15) is 71.1 Å². The van der Waals surface area contributed by atoms with Gasteiger partial charge in [-0.1, -0.05) is 64.7 Å². The zero-order valence-corrected chi connectivity index (χ0v) is 15.2. The molecular weight excluding hydrogens is 260 g/mol. The topological polar surface area (TPSA) is 32.3 Å². The van der Waals surface area contributed by atoms with Crippen LogP contribution in [0.4, 0.5) is 0 Å². The van der Waals surface area contributed by atoms with E-state index in [1.165, 1.54) is 64.2 Å². The van der Waals surface area contributed by atoms with E-state index in [4.69, 9.17) is 0 Å². The van der Waals surface area contributed by atoms with Gasteiger partial charge in [-0.05, 0) is 13.0 Å². The van der Waals surface area contributed by atoms with Gasteiger partial charge in [0.05, 0.1) is 21.1 Å².